The van der Waals surface area contributed by atoms with Crippen LogP contribution in [0.25, 0.3) is 0 Å². The molecule has 0 fully saturated rings. The zero-order valence-corrected chi connectivity index (χ0v) is 13.2. The minimum Gasteiger partial charge on any atom is -0.310 e. The van der Waals surface area contributed by atoms with Gasteiger partial charge in [-0.1, -0.05) is 47.6 Å². The Hall–Kier alpha value is -1.71. The van der Waals surface area contributed by atoms with Gasteiger partial charge in [0.2, 0.25) is 5.91 Å². The van der Waals surface area contributed by atoms with E-state index < -0.39 is 10.8 Å². The Kier molecular flexibility index (Phi) is 4.69. The Bertz CT molecular complexity index is 461. The molecule has 20 heavy (non-hydrogen) atoms. The van der Waals surface area contributed by atoms with Crippen molar-refractivity contribution in [2.75, 3.05) is 5.32 Å². The molecular weight excluding hydrogens is 252 g/mol. The molecule has 0 spiro atoms. The van der Waals surface area contributed by atoms with Crippen LogP contribution in [0, 0.1) is 10.8 Å². The van der Waals surface area contributed by atoms with Crippen LogP contribution in [-0.4, -0.2) is 16.7 Å². The van der Waals surface area contributed by atoms with Crippen LogP contribution in [0.1, 0.15) is 47.1 Å². The lowest BCUT2D eigenvalue weighted by Gasteiger charge is -2.20. The van der Waals surface area contributed by atoms with Crippen LogP contribution in [0.3, 0.4) is 0 Å². The largest absolute Gasteiger partial charge is 0.310 e. The van der Waals surface area contributed by atoms with E-state index >= 15 is 0 Å². The summed E-state index contributed by atoms with van der Waals surface area (Å²) in [5.41, 5.74) is -0.144. The van der Waals surface area contributed by atoms with Crippen molar-refractivity contribution in [3.8, 4) is 0 Å². The number of nitrogens with one attached hydrogen (secondary N) is 1. The number of aromatic nitrogens is 1. The topological polar surface area (TPSA) is 59.1 Å². The highest BCUT2D eigenvalue weighted by Crippen LogP contribution is 2.22. The van der Waals surface area contributed by atoms with Crippen LogP contribution in [-0.2, 0) is 16.0 Å². The van der Waals surface area contributed by atoms with E-state index in [0.717, 1.165) is 5.56 Å². The van der Waals surface area contributed by atoms with Crippen LogP contribution >= 0.6 is 0 Å². The normalized spacial score (nSPS) is 12.1. The quantitative estimate of drug-likeness (QED) is 0.922. The lowest BCUT2D eigenvalue weighted by Crippen LogP contribution is -2.29. The molecule has 0 saturated heterocycles. The van der Waals surface area contributed by atoms with Gasteiger partial charge in [-0.05, 0) is 6.07 Å². The zero-order valence-electron chi connectivity index (χ0n) is 13.2. The monoisotopic (exact) mass is 276 g/mol. The Morgan fingerprint density at radius 1 is 1.10 bits per heavy atom. The number of carbonyl (C=O) groups is 2. The number of ketones is 1. The lowest BCUT2D eigenvalue weighted by molar-refractivity contribution is -0.125. The number of amides is 1. The van der Waals surface area contributed by atoms with Gasteiger partial charge in [0.05, 0.1) is 0 Å². The number of Topliss-reactive ketones (excluding diaryl/α,β-unsaturated/α-hetero) is 1. The molecule has 1 N–H and O–H groups in total. The highest BCUT2D eigenvalue weighted by molar-refractivity contribution is 5.95. The van der Waals surface area contributed by atoms with Crippen LogP contribution in [0.2, 0.25) is 0 Å². The molecule has 1 aromatic rings. The molecule has 0 unspecified atom stereocenters. The molecule has 110 valence electrons. The third kappa shape index (κ3) is 4.44. The molecular formula is C16H24N2O2. The van der Waals surface area contributed by atoms with Gasteiger partial charge in [-0.2, -0.15) is 0 Å². The molecule has 1 heterocycles. The average Bonchev–Trinajstić information content (AvgIpc) is 2.29. The van der Waals surface area contributed by atoms with Crippen molar-refractivity contribution in [3.05, 3.63) is 23.9 Å². The van der Waals surface area contributed by atoms with Gasteiger partial charge >= 0.3 is 0 Å². The summed E-state index contributed by atoms with van der Waals surface area (Å²) in [6.45, 7) is 11.2. The fourth-order valence-corrected chi connectivity index (χ4v) is 1.43. The zero-order chi connectivity index (χ0) is 15.6. The number of hydrogen-bond donors (Lipinski definition) is 1. The van der Waals surface area contributed by atoms with Gasteiger partial charge in [0.1, 0.15) is 11.6 Å². The summed E-state index contributed by atoms with van der Waals surface area (Å²) >= 11 is 0. The van der Waals surface area contributed by atoms with E-state index in [2.05, 4.69) is 10.3 Å². The second-order valence-corrected chi connectivity index (χ2v) is 7.07. The standard InChI is InChI=1S/C16H24N2O2/c1-15(2,3)12(19)10-11-8-7-9-17-13(11)18-14(20)16(4,5)6/h7-9H,10H2,1-6H3,(H,17,18,20). The summed E-state index contributed by atoms with van der Waals surface area (Å²) < 4.78 is 0. The van der Waals surface area contributed by atoms with Gasteiger partial charge < -0.3 is 5.32 Å². The maximum absolute atomic E-state index is 12.1. The molecule has 0 aliphatic rings. The molecule has 0 radical (unpaired) electrons. The second-order valence-electron chi connectivity index (χ2n) is 7.07. The van der Waals surface area contributed by atoms with Crippen molar-refractivity contribution in [1.29, 1.82) is 0 Å². The molecule has 0 aliphatic carbocycles. The van der Waals surface area contributed by atoms with E-state index in [9.17, 15) is 9.59 Å². The Morgan fingerprint density at radius 3 is 2.20 bits per heavy atom. The smallest absolute Gasteiger partial charge is 0.230 e. The van der Waals surface area contributed by atoms with Gasteiger partial charge in [0, 0.05) is 29.0 Å². The fraction of sp³-hybridized carbons (Fsp3) is 0.562. The Balaban J connectivity index is 2.95. The van der Waals surface area contributed by atoms with E-state index in [1.54, 1.807) is 12.3 Å². The average molecular weight is 276 g/mol. The summed E-state index contributed by atoms with van der Waals surface area (Å²) in [6, 6.07) is 3.60. The third-order valence-corrected chi connectivity index (χ3v) is 2.99. The first-order valence-electron chi connectivity index (χ1n) is 6.80. The summed E-state index contributed by atoms with van der Waals surface area (Å²) in [5.74, 6) is 0.488. The van der Waals surface area contributed by atoms with E-state index in [0.29, 0.717) is 5.82 Å². The number of anilines is 1. The lowest BCUT2D eigenvalue weighted by atomic mass is 9.87. The van der Waals surface area contributed by atoms with Gasteiger partial charge in [0.25, 0.3) is 0 Å². The summed E-state index contributed by atoms with van der Waals surface area (Å²) in [6.07, 6.45) is 1.89. The molecule has 1 amide bonds. The number of pyridine rings is 1. The van der Waals surface area contributed by atoms with Crippen LogP contribution in [0.15, 0.2) is 18.3 Å². The van der Waals surface area contributed by atoms with E-state index in [1.807, 2.05) is 47.6 Å². The van der Waals surface area contributed by atoms with Gasteiger partial charge in [-0.25, -0.2) is 4.98 Å². The first-order chi connectivity index (χ1) is 9.01. The van der Waals surface area contributed by atoms with Crippen LogP contribution in [0.5, 0.6) is 0 Å². The van der Waals surface area contributed by atoms with E-state index in [4.69, 9.17) is 0 Å². The van der Waals surface area contributed by atoms with Crippen molar-refractivity contribution in [2.45, 2.75) is 48.0 Å². The predicted molar refractivity (Wildman–Crippen MR) is 80.5 cm³/mol. The first-order valence-corrected chi connectivity index (χ1v) is 6.80. The minimum atomic E-state index is -0.497. The molecule has 0 aliphatic heterocycles. The third-order valence-electron chi connectivity index (χ3n) is 2.99. The van der Waals surface area contributed by atoms with Crippen molar-refractivity contribution in [3.63, 3.8) is 0 Å². The molecule has 0 bridgehead atoms. The molecule has 4 heteroatoms. The number of rotatable bonds is 3. The maximum atomic E-state index is 12.1. The SMILES string of the molecule is CC(C)(C)C(=O)Cc1cccnc1NC(=O)C(C)(C)C. The second kappa shape index (κ2) is 5.73. The van der Waals surface area contributed by atoms with Gasteiger partial charge in [0.15, 0.2) is 0 Å². The summed E-state index contributed by atoms with van der Waals surface area (Å²) in [5, 5.41) is 2.81. The minimum absolute atomic E-state index is 0.111. The molecule has 0 aromatic carbocycles. The maximum Gasteiger partial charge on any atom is 0.230 e. The fourth-order valence-electron chi connectivity index (χ4n) is 1.43. The predicted octanol–water partition coefficient (Wildman–Crippen LogP) is 3.22. The number of carbonyl (C=O) groups excluding carboxylic acids is 2. The highest BCUT2D eigenvalue weighted by atomic mass is 16.2. The van der Waals surface area contributed by atoms with Crippen molar-refractivity contribution in [1.82, 2.24) is 4.98 Å². The van der Waals surface area contributed by atoms with Crippen LogP contribution in [0.4, 0.5) is 5.82 Å². The summed E-state index contributed by atoms with van der Waals surface area (Å²) in [7, 11) is 0. The Labute approximate surface area is 121 Å². The Morgan fingerprint density at radius 2 is 1.70 bits per heavy atom. The number of hydrogen-bond acceptors (Lipinski definition) is 3. The molecule has 4 nitrogen and oxygen atoms in total. The van der Waals surface area contributed by atoms with Crippen molar-refractivity contribution >= 4 is 17.5 Å². The first kappa shape index (κ1) is 16.3. The molecule has 1 rings (SSSR count). The number of nitrogens with zero attached hydrogens (tertiary/aromatic N) is 1. The summed E-state index contributed by atoms with van der Waals surface area (Å²) in [4.78, 5) is 28.3. The molecule has 1 aromatic heterocycles. The molecule has 0 atom stereocenters. The van der Waals surface area contributed by atoms with Gasteiger partial charge in [-0.15, -0.1) is 0 Å². The van der Waals surface area contributed by atoms with Crippen LogP contribution < -0.4 is 5.32 Å². The van der Waals surface area contributed by atoms with E-state index in [-0.39, 0.29) is 18.1 Å². The van der Waals surface area contributed by atoms with E-state index in [1.165, 1.54) is 0 Å². The molecule has 0 saturated carbocycles. The van der Waals surface area contributed by atoms with Crippen molar-refractivity contribution < 1.29 is 9.59 Å². The van der Waals surface area contributed by atoms with Gasteiger partial charge in [-0.3, -0.25) is 9.59 Å². The van der Waals surface area contributed by atoms with Crippen molar-refractivity contribution in [2.24, 2.45) is 10.8 Å². The highest BCUT2D eigenvalue weighted by Gasteiger charge is 2.25.